The zero-order valence-corrected chi connectivity index (χ0v) is 16.8. The summed E-state index contributed by atoms with van der Waals surface area (Å²) in [5.41, 5.74) is 8.75. The average Bonchev–Trinajstić information content (AvgIpc) is 3.20. The summed E-state index contributed by atoms with van der Waals surface area (Å²) < 4.78 is 1.85. The number of benzene rings is 1. The maximum atomic E-state index is 11.8. The number of nitrogens with zero attached hydrogens (tertiary/aromatic N) is 5. The third kappa shape index (κ3) is 4.53. The van der Waals surface area contributed by atoms with Crippen molar-refractivity contribution in [3.63, 3.8) is 0 Å². The second-order valence-corrected chi connectivity index (χ2v) is 7.47. The predicted octanol–water partition coefficient (Wildman–Crippen LogP) is 2.11. The molecule has 1 aliphatic carbocycles. The van der Waals surface area contributed by atoms with Crippen LogP contribution in [0, 0.1) is 11.3 Å². The summed E-state index contributed by atoms with van der Waals surface area (Å²) in [7, 11) is 0. The Morgan fingerprint density at radius 2 is 2.03 bits per heavy atom. The number of nitrogens with two attached hydrogens (primary N) is 1. The molecule has 0 saturated heterocycles. The van der Waals surface area contributed by atoms with Gasteiger partial charge in [-0.2, -0.15) is 10.4 Å². The fraction of sp³-hybridized carbons (Fsp3) is 0.227. The van der Waals surface area contributed by atoms with E-state index >= 15 is 0 Å². The average molecular weight is 414 g/mol. The number of nitrogens with one attached hydrogen (secondary N) is 2. The van der Waals surface area contributed by atoms with Crippen molar-refractivity contribution in [2.45, 2.75) is 31.5 Å². The van der Waals surface area contributed by atoms with Gasteiger partial charge in [-0.05, 0) is 18.4 Å². The summed E-state index contributed by atoms with van der Waals surface area (Å²) in [6, 6.07) is 11.9. The molecule has 0 atom stereocenters. The van der Waals surface area contributed by atoms with Crippen LogP contribution in [0.4, 0.5) is 11.6 Å². The summed E-state index contributed by atoms with van der Waals surface area (Å²) in [5.74, 6) is 0.568. The van der Waals surface area contributed by atoms with E-state index < -0.39 is 5.91 Å². The van der Waals surface area contributed by atoms with Crippen molar-refractivity contribution in [3.8, 4) is 17.2 Å². The summed E-state index contributed by atoms with van der Waals surface area (Å²) in [6.45, 7) is 4.07. The molecule has 0 unspecified atom stereocenters. The minimum atomic E-state index is -0.427. The van der Waals surface area contributed by atoms with E-state index in [0.29, 0.717) is 36.6 Å². The third-order valence-electron chi connectivity index (χ3n) is 5.21. The number of nitriles is 1. The Balaban J connectivity index is 1.44. The van der Waals surface area contributed by atoms with Crippen LogP contribution in [0.1, 0.15) is 18.4 Å². The SMILES string of the molecule is C=C(C#N)C(=O)NC1CC(Nc2ncnc(N)c2-c2cnn(Cc3ccccc3)c2)C1. The number of hydrogen-bond acceptors (Lipinski definition) is 7. The second kappa shape index (κ2) is 8.67. The Labute approximate surface area is 179 Å². The van der Waals surface area contributed by atoms with Crippen molar-refractivity contribution in [3.05, 3.63) is 66.8 Å². The number of rotatable bonds is 7. The highest BCUT2D eigenvalue weighted by Gasteiger charge is 2.31. The molecule has 156 valence electrons. The van der Waals surface area contributed by atoms with Gasteiger partial charge in [0.1, 0.15) is 29.6 Å². The summed E-state index contributed by atoms with van der Waals surface area (Å²) in [6.07, 6.45) is 6.51. The van der Waals surface area contributed by atoms with E-state index in [0.717, 1.165) is 11.1 Å². The fourth-order valence-corrected chi connectivity index (χ4v) is 3.51. The summed E-state index contributed by atoms with van der Waals surface area (Å²) in [5, 5.41) is 19.4. The Bertz CT molecular complexity index is 1140. The topological polar surface area (TPSA) is 135 Å². The molecule has 31 heavy (non-hydrogen) atoms. The monoisotopic (exact) mass is 414 g/mol. The molecule has 4 N–H and O–H groups in total. The first-order valence-corrected chi connectivity index (χ1v) is 9.87. The minimum absolute atomic E-state index is 0.00800. The lowest BCUT2D eigenvalue weighted by Gasteiger charge is -2.36. The third-order valence-corrected chi connectivity index (χ3v) is 5.21. The van der Waals surface area contributed by atoms with Gasteiger partial charge in [0.25, 0.3) is 5.91 Å². The molecule has 2 heterocycles. The molecular formula is C22H22N8O. The van der Waals surface area contributed by atoms with Gasteiger partial charge in [0.05, 0.1) is 18.3 Å². The highest BCUT2D eigenvalue weighted by molar-refractivity contribution is 5.96. The molecular weight excluding hydrogens is 392 g/mol. The van der Waals surface area contributed by atoms with Crippen molar-refractivity contribution in [1.82, 2.24) is 25.1 Å². The molecule has 0 spiro atoms. The Morgan fingerprint density at radius 1 is 1.26 bits per heavy atom. The second-order valence-electron chi connectivity index (χ2n) is 7.47. The zero-order chi connectivity index (χ0) is 21.8. The number of amides is 1. The lowest BCUT2D eigenvalue weighted by atomic mass is 9.86. The van der Waals surface area contributed by atoms with Crippen LogP contribution in [0.3, 0.4) is 0 Å². The number of hydrogen-bond donors (Lipinski definition) is 3. The Hall–Kier alpha value is -4.19. The molecule has 4 rings (SSSR count). The Kier molecular flexibility index (Phi) is 5.62. The number of carbonyl (C=O) groups is 1. The number of anilines is 2. The number of aromatic nitrogens is 4. The molecule has 1 saturated carbocycles. The van der Waals surface area contributed by atoms with E-state index in [1.807, 2.05) is 41.2 Å². The highest BCUT2D eigenvalue weighted by atomic mass is 16.1. The molecule has 2 aromatic heterocycles. The molecule has 1 aliphatic rings. The van der Waals surface area contributed by atoms with Crippen molar-refractivity contribution in [1.29, 1.82) is 5.26 Å². The predicted molar refractivity (Wildman–Crippen MR) is 117 cm³/mol. The lowest BCUT2D eigenvalue weighted by Crippen LogP contribution is -2.50. The van der Waals surface area contributed by atoms with Gasteiger partial charge in [-0.1, -0.05) is 36.9 Å². The largest absolute Gasteiger partial charge is 0.383 e. The van der Waals surface area contributed by atoms with Gasteiger partial charge in [-0.15, -0.1) is 0 Å². The van der Waals surface area contributed by atoms with Gasteiger partial charge in [0, 0.05) is 23.8 Å². The van der Waals surface area contributed by atoms with Gasteiger partial charge in [-0.25, -0.2) is 9.97 Å². The first kappa shape index (κ1) is 20.1. The number of nitrogen functional groups attached to an aromatic ring is 1. The van der Waals surface area contributed by atoms with Crippen molar-refractivity contribution < 1.29 is 4.79 Å². The van der Waals surface area contributed by atoms with Gasteiger partial charge in [0.2, 0.25) is 0 Å². The van der Waals surface area contributed by atoms with Crippen LogP contribution in [0.2, 0.25) is 0 Å². The van der Waals surface area contributed by atoms with Crippen LogP contribution in [-0.4, -0.2) is 37.7 Å². The van der Waals surface area contributed by atoms with E-state index in [4.69, 9.17) is 11.0 Å². The van der Waals surface area contributed by atoms with Crippen LogP contribution >= 0.6 is 0 Å². The van der Waals surface area contributed by atoms with Crippen LogP contribution in [-0.2, 0) is 11.3 Å². The molecule has 9 heteroatoms. The lowest BCUT2D eigenvalue weighted by molar-refractivity contribution is -0.118. The van der Waals surface area contributed by atoms with E-state index in [-0.39, 0.29) is 17.7 Å². The first-order chi connectivity index (χ1) is 15.0. The van der Waals surface area contributed by atoms with Gasteiger partial charge in [0.15, 0.2) is 0 Å². The fourth-order valence-electron chi connectivity index (χ4n) is 3.51. The first-order valence-electron chi connectivity index (χ1n) is 9.87. The van der Waals surface area contributed by atoms with Crippen molar-refractivity contribution in [2.75, 3.05) is 11.1 Å². The molecule has 1 aromatic carbocycles. The maximum absolute atomic E-state index is 11.8. The van der Waals surface area contributed by atoms with E-state index in [2.05, 4.69) is 32.3 Å². The van der Waals surface area contributed by atoms with Gasteiger partial charge >= 0.3 is 0 Å². The quantitative estimate of drug-likeness (QED) is 0.398. The summed E-state index contributed by atoms with van der Waals surface area (Å²) in [4.78, 5) is 20.3. The van der Waals surface area contributed by atoms with Crippen LogP contribution in [0.5, 0.6) is 0 Å². The standard InChI is InChI=1S/C22H22N8O/c1-14(9-23)22(31)29-18-7-17(8-18)28-21-19(20(24)25-13-26-21)16-10-27-30(12-16)11-15-5-3-2-4-6-15/h2-6,10,12-13,17-18H,1,7-8,11H2,(H,29,31)(H3,24,25,26,28). The molecule has 0 aliphatic heterocycles. The van der Waals surface area contributed by atoms with Gasteiger partial charge < -0.3 is 16.4 Å². The molecule has 0 radical (unpaired) electrons. The van der Waals surface area contributed by atoms with Crippen molar-refractivity contribution in [2.24, 2.45) is 0 Å². The normalized spacial score (nSPS) is 17.3. The van der Waals surface area contributed by atoms with Crippen LogP contribution < -0.4 is 16.4 Å². The maximum Gasteiger partial charge on any atom is 0.261 e. The van der Waals surface area contributed by atoms with E-state index in [9.17, 15) is 4.79 Å². The number of carbonyl (C=O) groups excluding carboxylic acids is 1. The van der Waals surface area contributed by atoms with Gasteiger partial charge in [-0.3, -0.25) is 9.48 Å². The van der Waals surface area contributed by atoms with Crippen LogP contribution in [0.15, 0.2) is 61.2 Å². The minimum Gasteiger partial charge on any atom is -0.383 e. The molecule has 1 fully saturated rings. The highest BCUT2D eigenvalue weighted by Crippen LogP contribution is 2.33. The molecule has 9 nitrogen and oxygen atoms in total. The smallest absolute Gasteiger partial charge is 0.261 e. The Morgan fingerprint density at radius 3 is 2.77 bits per heavy atom. The molecule has 0 bridgehead atoms. The zero-order valence-electron chi connectivity index (χ0n) is 16.8. The van der Waals surface area contributed by atoms with E-state index in [1.165, 1.54) is 6.33 Å². The van der Waals surface area contributed by atoms with Crippen molar-refractivity contribution >= 4 is 17.5 Å². The molecule has 3 aromatic rings. The molecule has 1 amide bonds. The van der Waals surface area contributed by atoms with Crippen LogP contribution in [0.25, 0.3) is 11.1 Å². The summed E-state index contributed by atoms with van der Waals surface area (Å²) >= 11 is 0. The van der Waals surface area contributed by atoms with E-state index in [1.54, 1.807) is 12.3 Å².